The Morgan fingerprint density at radius 3 is 1.73 bits per heavy atom. The summed E-state index contributed by atoms with van der Waals surface area (Å²) in [6.45, 7) is 2.28. The van der Waals surface area contributed by atoms with Crippen LogP contribution >= 0.6 is 0 Å². The maximum Gasteiger partial charge on any atom is 0.187 e. The Morgan fingerprint density at radius 1 is 0.818 bits per heavy atom. The fourth-order valence-electron chi connectivity index (χ4n) is 1.21. The van der Waals surface area contributed by atoms with Crippen LogP contribution in [0.25, 0.3) is 0 Å². The molecule has 0 aromatic heterocycles. The molecule has 11 heavy (non-hydrogen) atoms. The van der Waals surface area contributed by atoms with Gasteiger partial charge in [-0.15, -0.1) is 0 Å². The van der Waals surface area contributed by atoms with Crippen molar-refractivity contribution in [1.82, 2.24) is 0 Å². The first kappa shape index (κ1) is 14.3. The van der Waals surface area contributed by atoms with E-state index < -0.39 is 0 Å². The van der Waals surface area contributed by atoms with E-state index in [4.69, 9.17) is 0 Å². The molecule has 0 aliphatic rings. The van der Waals surface area contributed by atoms with Crippen molar-refractivity contribution >= 4 is 27.6 Å². The number of unbranched alkanes of at least 4 members (excludes halogenated alkanes) is 6. The molecular weight excluding hydrogens is 163 g/mol. The van der Waals surface area contributed by atoms with Gasteiger partial charge in [0.05, 0.1) is 0 Å². The third kappa shape index (κ3) is 13.7. The van der Waals surface area contributed by atoms with E-state index in [0.29, 0.717) is 0 Å². The molecule has 68 valence electrons. The lowest BCUT2D eigenvalue weighted by molar-refractivity contribution is 0.602. The molecule has 0 N–H and O–H groups in total. The van der Waals surface area contributed by atoms with Crippen LogP contribution in [0.3, 0.4) is 0 Å². The number of rotatable bonds is 7. The molecule has 0 fully saturated rings. The van der Waals surface area contributed by atoms with Crippen molar-refractivity contribution in [3.63, 3.8) is 0 Å². The summed E-state index contributed by atoms with van der Waals surface area (Å²) in [4.78, 5) is 0. The molecule has 0 atom stereocenters. The van der Waals surface area contributed by atoms with Gasteiger partial charge < -0.3 is 0 Å². The zero-order chi connectivity index (χ0) is 7.66. The molecule has 0 aliphatic heterocycles. The molecule has 0 aromatic carbocycles. The molecule has 0 nitrogen and oxygen atoms in total. The SMILES string of the molecule is CCCCCCCCC[SiH3].[AlH3]. The molecule has 2 heteroatoms. The van der Waals surface area contributed by atoms with E-state index >= 15 is 0 Å². The monoisotopic (exact) mass is 188 g/mol. The molecule has 0 aromatic rings. The summed E-state index contributed by atoms with van der Waals surface area (Å²) in [6.07, 6.45) is 10.3. The van der Waals surface area contributed by atoms with Crippen LogP contribution in [0.4, 0.5) is 0 Å². The molecule has 0 amide bonds. The second-order valence-corrected chi connectivity index (χ2v) is 4.12. The second-order valence-electron chi connectivity index (χ2n) is 3.12. The van der Waals surface area contributed by atoms with Gasteiger partial charge in [0, 0.05) is 10.2 Å². The molecule has 0 spiro atoms. The minimum absolute atomic E-state index is 0. The molecule has 0 saturated carbocycles. The molecule has 0 radical (unpaired) electrons. The van der Waals surface area contributed by atoms with Crippen LogP contribution in [0.15, 0.2) is 0 Å². The predicted molar refractivity (Wildman–Crippen MR) is 62.7 cm³/mol. The van der Waals surface area contributed by atoms with Crippen LogP contribution in [0.5, 0.6) is 0 Å². The number of hydrogen-bond acceptors (Lipinski definition) is 0. The average Bonchev–Trinajstić information content (AvgIpc) is 1.97. The summed E-state index contributed by atoms with van der Waals surface area (Å²) in [5.41, 5.74) is 0. The van der Waals surface area contributed by atoms with E-state index in [2.05, 4.69) is 6.92 Å². The maximum atomic E-state index is 2.28. The first-order chi connectivity index (χ1) is 4.91. The Labute approximate surface area is 85.7 Å². The van der Waals surface area contributed by atoms with Crippen molar-refractivity contribution in [3.8, 4) is 0 Å². The van der Waals surface area contributed by atoms with Gasteiger partial charge in [0.1, 0.15) is 0 Å². The highest BCUT2D eigenvalue weighted by Crippen LogP contribution is 2.07. The van der Waals surface area contributed by atoms with Crippen molar-refractivity contribution in [2.45, 2.75) is 57.9 Å². The summed E-state index contributed by atoms with van der Waals surface area (Å²) in [5, 5.41) is 0. The maximum absolute atomic E-state index is 2.28. The first-order valence-electron chi connectivity index (χ1n) is 4.91. The zero-order valence-corrected chi connectivity index (χ0v) is 9.66. The van der Waals surface area contributed by atoms with E-state index in [1.807, 2.05) is 0 Å². The van der Waals surface area contributed by atoms with E-state index in [9.17, 15) is 0 Å². The number of hydrogen-bond donors (Lipinski definition) is 0. The summed E-state index contributed by atoms with van der Waals surface area (Å²) < 4.78 is 0. The topological polar surface area (TPSA) is 0 Å². The lowest BCUT2D eigenvalue weighted by Crippen LogP contribution is -1.78. The largest absolute Gasteiger partial charge is 0.187 e. The standard InChI is InChI=1S/C9H22Si.Al.3H/c1-2-3-4-5-6-7-8-9-10;;;;/h2-9H2,1,10H3;;;;. The van der Waals surface area contributed by atoms with E-state index in [1.165, 1.54) is 61.2 Å². The highest BCUT2D eigenvalue weighted by atomic mass is 28.1. The Bertz CT molecular complexity index is 49.5. The highest BCUT2D eigenvalue weighted by molar-refractivity contribution is 6.08. The van der Waals surface area contributed by atoms with Gasteiger partial charge in [-0.25, -0.2) is 0 Å². The molecule has 0 aliphatic carbocycles. The Balaban J connectivity index is 0. The predicted octanol–water partition coefficient (Wildman–Crippen LogP) is 1.34. The van der Waals surface area contributed by atoms with Gasteiger partial charge >= 0.3 is 0 Å². The Morgan fingerprint density at radius 2 is 1.27 bits per heavy atom. The smallest absolute Gasteiger partial charge is 0.0658 e. The molecule has 0 rings (SSSR count). The van der Waals surface area contributed by atoms with Crippen LogP contribution in [0, 0.1) is 0 Å². The normalized spacial score (nSPS) is 9.55. The van der Waals surface area contributed by atoms with E-state index in [1.54, 1.807) is 0 Å². The second kappa shape index (κ2) is 13.3. The van der Waals surface area contributed by atoms with Crippen molar-refractivity contribution < 1.29 is 0 Å². The van der Waals surface area contributed by atoms with E-state index in [0.717, 1.165) is 0 Å². The van der Waals surface area contributed by atoms with Gasteiger partial charge in [-0.2, -0.15) is 0 Å². The third-order valence-corrected chi connectivity index (χ3v) is 2.66. The third-order valence-electron chi connectivity index (χ3n) is 1.96. The van der Waals surface area contributed by atoms with Crippen LogP contribution in [0.2, 0.25) is 6.04 Å². The first-order valence-corrected chi connectivity index (χ1v) is 6.33. The minimum Gasteiger partial charge on any atom is -0.0658 e. The molecule has 0 bridgehead atoms. The molecule has 0 saturated heterocycles. The lowest BCUT2D eigenvalue weighted by Gasteiger charge is -1.97. The van der Waals surface area contributed by atoms with Gasteiger partial charge in [-0.3, -0.25) is 0 Å². The fraction of sp³-hybridized carbons (Fsp3) is 1.00. The van der Waals surface area contributed by atoms with Gasteiger partial charge in [0.15, 0.2) is 17.4 Å². The van der Waals surface area contributed by atoms with E-state index in [-0.39, 0.29) is 17.4 Å². The summed E-state index contributed by atoms with van der Waals surface area (Å²) >= 11 is 0. The molecule has 0 heterocycles. The Kier molecular flexibility index (Phi) is 17.3. The molecular formula is C9H25AlSi. The Hall–Kier alpha value is 0.749. The average molecular weight is 188 g/mol. The fourth-order valence-corrected chi connectivity index (χ4v) is 1.71. The van der Waals surface area contributed by atoms with Crippen LogP contribution in [-0.4, -0.2) is 27.6 Å². The van der Waals surface area contributed by atoms with Crippen molar-refractivity contribution in [1.29, 1.82) is 0 Å². The highest BCUT2D eigenvalue weighted by Gasteiger charge is 1.87. The van der Waals surface area contributed by atoms with Crippen LogP contribution in [0.1, 0.15) is 51.9 Å². The van der Waals surface area contributed by atoms with Gasteiger partial charge in [0.25, 0.3) is 0 Å². The quantitative estimate of drug-likeness (QED) is 0.418. The van der Waals surface area contributed by atoms with Crippen molar-refractivity contribution in [2.24, 2.45) is 0 Å². The van der Waals surface area contributed by atoms with Gasteiger partial charge in [0.2, 0.25) is 0 Å². The zero-order valence-electron chi connectivity index (χ0n) is 7.66. The summed E-state index contributed by atoms with van der Waals surface area (Å²) in [6, 6.07) is 1.51. The van der Waals surface area contributed by atoms with Crippen LogP contribution in [-0.2, 0) is 0 Å². The van der Waals surface area contributed by atoms with Crippen molar-refractivity contribution in [3.05, 3.63) is 0 Å². The van der Waals surface area contributed by atoms with Gasteiger partial charge in [-0.05, 0) is 0 Å². The minimum atomic E-state index is 0. The molecule has 0 unspecified atom stereocenters. The lowest BCUT2D eigenvalue weighted by atomic mass is 10.1. The van der Waals surface area contributed by atoms with Crippen molar-refractivity contribution in [2.75, 3.05) is 0 Å². The van der Waals surface area contributed by atoms with Crippen LogP contribution < -0.4 is 0 Å². The summed E-state index contributed by atoms with van der Waals surface area (Å²) in [5.74, 6) is 0. The van der Waals surface area contributed by atoms with Gasteiger partial charge in [-0.1, -0.05) is 57.9 Å². The summed E-state index contributed by atoms with van der Waals surface area (Å²) in [7, 11) is 1.41.